The van der Waals surface area contributed by atoms with E-state index in [4.69, 9.17) is 0 Å². The Hall–Kier alpha value is -0.0800. The number of hydrogen-bond donors (Lipinski definition) is 1. The molecule has 3 unspecified atom stereocenters. The van der Waals surface area contributed by atoms with E-state index >= 15 is 0 Å². The predicted octanol–water partition coefficient (Wildman–Crippen LogP) is 2.80. The minimum absolute atomic E-state index is 0.0379. The largest absolute Gasteiger partial charge is 0.393 e. The van der Waals surface area contributed by atoms with Gasteiger partial charge in [-0.1, -0.05) is 20.3 Å². The molecule has 0 aromatic carbocycles. The topological polar surface area (TPSA) is 23.5 Å². The highest BCUT2D eigenvalue weighted by atomic mass is 16.3. The van der Waals surface area contributed by atoms with Gasteiger partial charge in [0, 0.05) is 12.1 Å². The Morgan fingerprint density at radius 1 is 1.19 bits per heavy atom. The van der Waals surface area contributed by atoms with Crippen molar-refractivity contribution in [3.05, 3.63) is 0 Å². The van der Waals surface area contributed by atoms with Crippen LogP contribution < -0.4 is 0 Å². The van der Waals surface area contributed by atoms with Crippen LogP contribution in [-0.4, -0.2) is 34.7 Å². The Morgan fingerprint density at radius 3 is 2.56 bits per heavy atom. The minimum Gasteiger partial charge on any atom is -0.393 e. The molecule has 2 nitrogen and oxygen atoms in total. The van der Waals surface area contributed by atoms with Crippen molar-refractivity contribution in [1.82, 2.24) is 4.90 Å². The number of aliphatic hydroxyl groups excluding tert-OH is 1. The first-order chi connectivity index (χ1) is 7.72. The van der Waals surface area contributed by atoms with Gasteiger partial charge in [-0.05, 0) is 51.0 Å². The van der Waals surface area contributed by atoms with Crippen molar-refractivity contribution in [2.24, 2.45) is 5.92 Å². The molecule has 0 amide bonds. The maximum absolute atomic E-state index is 9.85. The van der Waals surface area contributed by atoms with E-state index in [0.717, 1.165) is 24.8 Å². The fourth-order valence-corrected chi connectivity index (χ4v) is 3.10. The molecule has 0 aliphatic heterocycles. The standard InChI is InChI=1S/C14H27NO/c1-3-4-9-15(12-6-7-12)14-10-13(16)8-5-11(14)2/h11-14,16H,3-10H2,1-2H3. The van der Waals surface area contributed by atoms with Crippen LogP contribution in [0.4, 0.5) is 0 Å². The molecule has 0 aromatic heterocycles. The molecule has 2 aliphatic carbocycles. The first-order valence-corrected chi connectivity index (χ1v) is 7.16. The second-order valence-electron chi connectivity index (χ2n) is 5.83. The Kier molecular flexibility index (Phi) is 4.26. The number of aliphatic hydroxyl groups is 1. The van der Waals surface area contributed by atoms with E-state index in [2.05, 4.69) is 18.7 Å². The molecule has 16 heavy (non-hydrogen) atoms. The molecule has 0 bridgehead atoms. The Bertz CT molecular complexity index is 215. The molecule has 3 atom stereocenters. The smallest absolute Gasteiger partial charge is 0.0555 e. The van der Waals surface area contributed by atoms with Crippen LogP contribution in [0, 0.1) is 5.92 Å². The summed E-state index contributed by atoms with van der Waals surface area (Å²) >= 11 is 0. The lowest BCUT2D eigenvalue weighted by Gasteiger charge is -2.40. The van der Waals surface area contributed by atoms with Gasteiger partial charge in [-0.15, -0.1) is 0 Å². The van der Waals surface area contributed by atoms with Crippen LogP contribution in [0.3, 0.4) is 0 Å². The van der Waals surface area contributed by atoms with Crippen LogP contribution in [0.15, 0.2) is 0 Å². The van der Waals surface area contributed by atoms with E-state index < -0.39 is 0 Å². The SMILES string of the molecule is CCCCN(C1CC1)C1CC(O)CCC1C. The number of nitrogens with zero attached hydrogens (tertiary/aromatic N) is 1. The quantitative estimate of drug-likeness (QED) is 0.777. The molecule has 2 aliphatic rings. The van der Waals surface area contributed by atoms with Gasteiger partial charge in [-0.25, -0.2) is 0 Å². The second kappa shape index (κ2) is 5.50. The molecule has 94 valence electrons. The van der Waals surface area contributed by atoms with Crippen molar-refractivity contribution in [3.8, 4) is 0 Å². The highest BCUT2D eigenvalue weighted by Gasteiger charge is 2.38. The monoisotopic (exact) mass is 225 g/mol. The molecule has 0 aromatic rings. The second-order valence-corrected chi connectivity index (χ2v) is 5.83. The molecule has 0 spiro atoms. The average molecular weight is 225 g/mol. The van der Waals surface area contributed by atoms with Crippen LogP contribution in [0.25, 0.3) is 0 Å². The van der Waals surface area contributed by atoms with E-state index in [0.29, 0.717) is 6.04 Å². The van der Waals surface area contributed by atoms with Gasteiger partial charge in [0.15, 0.2) is 0 Å². The van der Waals surface area contributed by atoms with Crippen molar-refractivity contribution < 1.29 is 5.11 Å². The minimum atomic E-state index is -0.0379. The van der Waals surface area contributed by atoms with Gasteiger partial charge in [0.2, 0.25) is 0 Å². The summed E-state index contributed by atoms with van der Waals surface area (Å²) in [6.45, 7) is 5.89. The Balaban J connectivity index is 1.93. The van der Waals surface area contributed by atoms with Crippen LogP contribution in [0.2, 0.25) is 0 Å². The van der Waals surface area contributed by atoms with E-state index in [1.54, 1.807) is 0 Å². The molecule has 2 heteroatoms. The van der Waals surface area contributed by atoms with Crippen LogP contribution in [0.5, 0.6) is 0 Å². The summed E-state index contributed by atoms with van der Waals surface area (Å²) in [5.41, 5.74) is 0. The maximum atomic E-state index is 9.85. The zero-order valence-electron chi connectivity index (χ0n) is 10.9. The third-order valence-corrected chi connectivity index (χ3v) is 4.34. The average Bonchev–Trinajstić information content (AvgIpc) is 3.08. The molecule has 2 rings (SSSR count). The first-order valence-electron chi connectivity index (χ1n) is 7.16. The van der Waals surface area contributed by atoms with Gasteiger partial charge in [0.05, 0.1) is 6.10 Å². The van der Waals surface area contributed by atoms with Gasteiger partial charge in [0.25, 0.3) is 0 Å². The fraction of sp³-hybridized carbons (Fsp3) is 1.00. The zero-order valence-corrected chi connectivity index (χ0v) is 10.9. The van der Waals surface area contributed by atoms with Crippen LogP contribution in [0.1, 0.15) is 58.8 Å². The fourth-order valence-electron chi connectivity index (χ4n) is 3.10. The van der Waals surface area contributed by atoms with Crippen molar-refractivity contribution in [2.45, 2.75) is 77.0 Å². The third kappa shape index (κ3) is 2.98. The highest BCUT2D eigenvalue weighted by molar-refractivity contribution is 4.93. The molecule has 0 heterocycles. The number of unbranched alkanes of at least 4 members (excludes halogenated alkanes) is 1. The van der Waals surface area contributed by atoms with Crippen molar-refractivity contribution in [2.75, 3.05) is 6.54 Å². The van der Waals surface area contributed by atoms with Gasteiger partial charge < -0.3 is 5.11 Å². The summed E-state index contributed by atoms with van der Waals surface area (Å²) in [5, 5.41) is 9.85. The van der Waals surface area contributed by atoms with Gasteiger partial charge in [-0.2, -0.15) is 0 Å². The number of hydrogen-bond acceptors (Lipinski definition) is 2. The lowest BCUT2D eigenvalue weighted by Crippen LogP contribution is -2.46. The Labute approximate surface area is 100 Å². The lowest BCUT2D eigenvalue weighted by atomic mass is 9.83. The molecule has 0 radical (unpaired) electrons. The predicted molar refractivity (Wildman–Crippen MR) is 67.4 cm³/mol. The Morgan fingerprint density at radius 2 is 1.94 bits per heavy atom. The van der Waals surface area contributed by atoms with E-state index in [1.165, 1.54) is 38.6 Å². The summed E-state index contributed by atoms with van der Waals surface area (Å²) in [6.07, 6.45) is 8.59. The zero-order chi connectivity index (χ0) is 11.5. The number of rotatable bonds is 5. The first kappa shape index (κ1) is 12.4. The summed E-state index contributed by atoms with van der Waals surface area (Å²) in [4.78, 5) is 2.72. The van der Waals surface area contributed by atoms with Gasteiger partial charge in [0.1, 0.15) is 0 Å². The van der Waals surface area contributed by atoms with Gasteiger partial charge >= 0.3 is 0 Å². The third-order valence-electron chi connectivity index (χ3n) is 4.34. The van der Waals surface area contributed by atoms with E-state index in [1.807, 2.05) is 0 Å². The van der Waals surface area contributed by atoms with Gasteiger partial charge in [-0.3, -0.25) is 4.90 Å². The molecular formula is C14H27NO. The molecule has 0 saturated heterocycles. The molecule has 1 N–H and O–H groups in total. The highest BCUT2D eigenvalue weighted by Crippen LogP contribution is 2.36. The van der Waals surface area contributed by atoms with Crippen molar-refractivity contribution in [1.29, 1.82) is 0 Å². The van der Waals surface area contributed by atoms with E-state index in [9.17, 15) is 5.11 Å². The maximum Gasteiger partial charge on any atom is 0.0555 e. The van der Waals surface area contributed by atoms with Crippen LogP contribution >= 0.6 is 0 Å². The van der Waals surface area contributed by atoms with Crippen LogP contribution in [-0.2, 0) is 0 Å². The van der Waals surface area contributed by atoms with Crippen molar-refractivity contribution in [3.63, 3.8) is 0 Å². The lowest BCUT2D eigenvalue weighted by molar-refractivity contribution is 0.0276. The molecule has 2 fully saturated rings. The summed E-state index contributed by atoms with van der Waals surface area (Å²) in [5.74, 6) is 0.779. The molecular weight excluding hydrogens is 198 g/mol. The summed E-state index contributed by atoms with van der Waals surface area (Å²) in [7, 11) is 0. The van der Waals surface area contributed by atoms with Crippen molar-refractivity contribution >= 4 is 0 Å². The summed E-state index contributed by atoms with van der Waals surface area (Å²) in [6, 6.07) is 1.51. The van der Waals surface area contributed by atoms with E-state index in [-0.39, 0.29) is 6.10 Å². The normalized spacial score (nSPS) is 35.6. The molecule has 2 saturated carbocycles. The summed E-state index contributed by atoms with van der Waals surface area (Å²) < 4.78 is 0.